The van der Waals surface area contributed by atoms with Gasteiger partial charge in [-0.25, -0.2) is 0 Å². The molecule has 2 N–H and O–H groups in total. The minimum atomic E-state index is 0.231. The Morgan fingerprint density at radius 3 is 2.35 bits per heavy atom. The van der Waals surface area contributed by atoms with Crippen LogP contribution in [0.4, 0.5) is 0 Å². The molecule has 0 saturated carbocycles. The smallest absolute Gasteiger partial charge is 0.127 e. The van der Waals surface area contributed by atoms with E-state index in [-0.39, 0.29) is 6.04 Å². The van der Waals surface area contributed by atoms with Gasteiger partial charge in [-0.3, -0.25) is 4.90 Å². The van der Waals surface area contributed by atoms with E-state index in [1.807, 2.05) is 12.1 Å². The van der Waals surface area contributed by atoms with Gasteiger partial charge in [-0.1, -0.05) is 18.9 Å². The van der Waals surface area contributed by atoms with Crippen molar-refractivity contribution in [3.8, 4) is 11.5 Å². The minimum absolute atomic E-state index is 0.231. The summed E-state index contributed by atoms with van der Waals surface area (Å²) >= 11 is 0. The van der Waals surface area contributed by atoms with Crippen LogP contribution in [0.15, 0.2) is 18.2 Å². The van der Waals surface area contributed by atoms with Gasteiger partial charge in [0, 0.05) is 18.2 Å². The summed E-state index contributed by atoms with van der Waals surface area (Å²) in [7, 11) is 3.37. The summed E-state index contributed by atoms with van der Waals surface area (Å²) in [5.41, 5.74) is 7.22. The Balaban J connectivity index is 2.25. The molecule has 1 saturated heterocycles. The largest absolute Gasteiger partial charge is 0.497 e. The molecule has 0 amide bonds. The molecule has 1 atom stereocenters. The second kappa shape index (κ2) is 7.50. The van der Waals surface area contributed by atoms with Gasteiger partial charge in [0.05, 0.1) is 20.3 Å². The second-order valence-electron chi connectivity index (χ2n) is 5.31. The van der Waals surface area contributed by atoms with Crippen LogP contribution in [-0.2, 0) is 0 Å². The maximum absolute atomic E-state index is 6.05. The van der Waals surface area contributed by atoms with Gasteiger partial charge in [-0.05, 0) is 32.0 Å². The van der Waals surface area contributed by atoms with Crippen LogP contribution in [0, 0.1) is 0 Å². The number of methoxy groups -OCH3 is 2. The average Bonchev–Trinajstić information content (AvgIpc) is 2.77. The first-order valence-corrected chi connectivity index (χ1v) is 7.46. The molecule has 20 heavy (non-hydrogen) atoms. The first-order valence-electron chi connectivity index (χ1n) is 7.46. The standard InChI is InChI=1S/C16H26N2O2/c1-19-13-7-8-14(16(11-13)20-2)15(12-17)18-9-5-3-4-6-10-18/h7-8,11,15H,3-6,9-10,12,17H2,1-2H3. The Morgan fingerprint density at radius 1 is 1.10 bits per heavy atom. The Hall–Kier alpha value is -1.26. The maximum Gasteiger partial charge on any atom is 0.127 e. The summed E-state index contributed by atoms with van der Waals surface area (Å²) in [6.45, 7) is 2.86. The molecule has 1 fully saturated rings. The summed E-state index contributed by atoms with van der Waals surface area (Å²) in [5.74, 6) is 1.68. The van der Waals surface area contributed by atoms with Gasteiger partial charge in [0.25, 0.3) is 0 Å². The fourth-order valence-corrected chi connectivity index (χ4v) is 2.97. The number of nitrogens with two attached hydrogens (primary N) is 1. The third kappa shape index (κ3) is 3.44. The Kier molecular flexibility index (Phi) is 5.68. The highest BCUT2D eigenvalue weighted by atomic mass is 16.5. The van der Waals surface area contributed by atoms with E-state index in [4.69, 9.17) is 15.2 Å². The molecule has 0 bridgehead atoms. The highest BCUT2D eigenvalue weighted by Gasteiger charge is 2.23. The lowest BCUT2D eigenvalue weighted by Crippen LogP contribution is -2.34. The molecule has 1 aliphatic heterocycles. The fraction of sp³-hybridized carbons (Fsp3) is 0.625. The van der Waals surface area contributed by atoms with Crippen molar-refractivity contribution in [3.63, 3.8) is 0 Å². The van der Waals surface area contributed by atoms with Gasteiger partial charge in [0.1, 0.15) is 11.5 Å². The average molecular weight is 278 g/mol. The van der Waals surface area contributed by atoms with Crippen molar-refractivity contribution in [2.45, 2.75) is 31.7 Å². The van der Waals surface area contributed by atoms with E-state index in [2.05, 4.69) is 11.0 Å². The summed E-state index contributed by atoms with van der Waals surface area (Å²) in [5, 5.41) is 0. The van der Waals surface area contributed by atoms with Crippen molar-refractivity contribution in [1.29, 1.82) is 0 Å². The van der Waals surface area contributed by atoms with Gasteiger partial charge in [0.15, 0.2) is 0 Å². The normalized spacial score (nSPS) is 18.4. The number of hydrogen-bond donors (Lipinski definition) is 1. The van der Waals surface area contributed by atoms with Crippen molar-refractivity contribution in [3.05, 3.63) is 23.8 Å². The summed E-state index contributed by atoms with van der Waals surface area (Å²) < 4.78 is 10.8. The zero-order valence-electron chi connectivity index (χ0n) is 12.6. The zero-order valence-corrected chi connectivity index (χ0v) is 12.6. The monoisotopic (exact) mass is 278 g/mol. The number of nitrogens with zero attached hydrogens (tertiary/aromatic N) is 1. The molecule has 112 valence electrons. The third-order valence-electron chi connectivity index (χ3n) is 4.10. The maximum atomic E-state index is 6.05. The number of rotatable bonds is 5. The Labute approximate surface area is 121 Å². The van der Waals surface area contributed by atoms with Crippen LogP contribution in [0.25, 0.3) is 0 Å². The molecule has 1 unspecified atom stereocenters. The van der Waals surface area contributed by atoms with Crippen LogP contribution < -0.4 is 15.2 Å². The highest BCUT2D eigenvalue weighted by molar-refractivity contribution is 5.42. The van der Waals surface area contributed by atoms with E-state index in [0.29, 0.717) is 6.54 Å². The van der Waals surface area contributed by atoms with Gasteiger partial charge in [-0.2, -0.15) is 0 Å². The number of benzene rings is 1. The molecule has 0 aromatic heterocycles. The van der Waals surface area contributed by atoms with Crippen LogP contribution in [0.1, 0.15) is 37.3 Å². The molecule has 4 nitrogen and oxygen atoms in total. The van der Waals surface area contributed by atoms with Crippen LogP contribution in [0.5, 0.6) is 11.5 Å². The molecule has 1 aromatic carbocycles. The van der Waals surface area contributed by atoms with Crippen LogP contribution in [0.3, 0.4) is 0 Å². The van der Waals surface area contributed by atoms with Gasteiger partial charge < -0.3 is 15.2 Å². The molecular weight excluding hydrogens is 252 g/mol. The molecule has 1 heterocycles. The Morgan fingerprint density at radius 2 is 1.80 bits per heavy atom. The van der Waals surface area contributed by atoms with Gasteiger partial charge >= 0.3 is 0 Å². The molecule has 0 aliphatic carbocycles. The molecule has 0 spiro atoms. The SMILES string of the molecule is COc1ccc(C(CN)N2CCCCCC2)c(OC)c1. The van der Waals surface area contributed by atoms with E-state index in [1.165, 1.54) is 25.7 Å². The number of hydrogen-bond acceptors (Lipinski definition) is 4. The van der Waals surface area contributed by atoms with Crippen molar-refractivity contribution in [1.82, 2.24) is 4.90 Å². The molecule has 1 aromatic rings. The van der Waals surface area contributed by atoms with Crippen molar-refractivity contribution >= 4 is 0 Å². The third-order valence-corrected chi connectivity index (χ3v) is 4.10. The quantitative estimate of drug-likeness (QED) is 0.899. The molecular formula is C16H26N2O2. The minimum Gasteiger partial charge on any atom is -0.497 e. The van der Waals surface area contributed by atoms with Crippen molar-refractivity contribution in [2.24, 2.45) is 5.73 Å². The predicted molar refractivity (Wildman–Crippen MR) is 81.4 cm³/mol. The van der Waals surface area contributed by atoms with Crippen molar-refractivity contribution < 1.29 is 9.47 Å². The molecule has 2 rings (SSSR count). The zero-order chi connectivity index (χ0) is 14.4. The summed E-state index contributed by atoms with van der Waals surface area (Å²) in [6, 6.07) is 6.24. The fourth-order valence-electron chi connectivity index (χ4n) is 2.97. The number of ether oxygens (including phenoxy) is 2. The van der Waals surface area contributed by atoms with E-state index in [9.17, 15) is 0 Å². The lowest BCUT2D eigenvalue weighted by molar-refractivity contribution is 0.205. The van der Waals surface area contributed by atoms with E-state index in [0.717, 1.165) is 30.2 Å². The molecule has 4 heteroatoms. The molecule has 0 radical (unpaired) electrons. The van der Waals surface area contributed by atoms with Gasteiger partial charge in [-0.15, -0.1) is 0 Å². The van der Waals surface area contributed by atoms with E-state index >= 15 is 0 Å². The Bertz CT molecular complexity index is 415. The first-order chi connectivity index (χ1) is 9.80. The summed E-state index contributed by atoms with van der Waals surface area (Å²) in [4.78, 5) is 2.50. The van der Waals surface area contributed by atoms with Crippen LogP contribution in [0.2, 0.25) is 0 Å². The first kappa shape index (κ1) is 15.1. The van der Waals surface area contributed by atoms with E-state index in [1.54, 1.807) is 14.2 Å². The predicted octanol–water partition coefficient (Wildman–Crippen LogP) is 2.58. The highest BCUT2D eigenvalue weighted by Crippen LogP contribution is 2.33. The van der Waals surface area contributed by atoms with Crippen LogP contribution >= 0.6 is 0 Å². The second-order valence-corrected chi connectivity index (χ2v) is 5.31. The summed E-state index contributed by atoms with van der Waals surface area (Å²) in [6.07, 6.45) is 5.17. The lowest BCUT2D eigenvalue weighted by Gasteiger charge is -2.31. The lowest BCUT2D eigenvalue weighted by atomic mass is 10.0. The van der Waals surface area contributed by atoms with E-state index < -0.39 is 0 Å². The topological polar surface area (TPSA) is 47.7 Å². The van der Waals surface area contributed by atoms with Crippen LogP contribution in [-0.4, -0.2) is 38.8 Å². The van der Waals surface area contributed by atoms with Crippen molar-refractivity contribution in [2.75, 3.05) is 33.9 Å². The number of likely N-dealkylation sites (tertiary alicyclic amines) is 1. The molecule has 1 aliphatic rings. The van der Waals surface area contributed by atoms with Gasteiger partial charge in [0.2, 0.25) is 0 Å².